The van der Waals surface area contributed by atoms with Crippen LogP contribution in [0.4, 0.5) is 5.69 Å². The Labute approximate surface area is 126 Å². The number of anilines is 1. The van der Waals surface area contributed by atoms with Crippen molar-refractivity contribution in [2.75, 3.05) is 5.73 Å². The third-order valence-electron chi connectivity index (χ3n) is 2.91. The summed E-state index contributed by atoms with van der Waals surface area (Å²) in [6.45, 7) is 0. The molecule has 100 valence electrons. The van der Waals surface area contributed by atoms with Crippen LogP contribution in [-0.2, 0) is 5.75 Å². The average Bonchev–Trinajstić information content (AvgIpc) is 2.47. The van der Waals surface area contributed by atoms with Gasteiger partial charge in [-0.3, -0.25) is 0 Å². The van der Waals surface area contributed by atoms with Crippen LogP contribution >= 0.6 is 23.4 Å². The molecule has 0 saturated heterocycles. The lowest BCUT2D eigenvalue weighted by atomic mass is 10.2. The number of hydrogen-bond acceptors (Lipinski definition) is 4. The van der Waals surface area contributed by atoms with E-state index in [0.29, 0.717) is 0 Å². The minimum absolute atomic E-state index is 0.723. The Hall–Kier alpha value is -1.78. The Bertz CT molecular complexity index is 744. The van der Waals surface area contributed by atoms with Crippen LogP contribution in [0, 0.1) is 0 Å². The number of nitrogens with zero attached hydrogens (tertiary/aromatic N) is 2. The number of rotatable bonds is 3. The topological polar surface area (TPSA) is 51.8 Å². The standard InChI is InChI=1S/C15H12ClN3S/c16-11-3-1-10(2-4-11)8-20-15-13-7-12(17)5-6-14(13)18-9-19-15/h1-7,9H,8,17H2. The molecule has 0 atom stereocenters. The number of fused-ring (bicyclic) bond motifs is 1. The van der Waals surface area contributed by atoms with E-state index >= 15 is 0 Å². The van der Waals surface area contributed by atoms with Crippen LogP contribution in [0.5, 0.6) is 0 Å². The molecule has 1 heterocycles. The average molecular weight is 302 g/mol. The Morgan fingerprint density at radius 2 is 1.85 bits per heavy atom. The lowest BCUT2D eigenvalue weighted by Gasteiger charge is -2.05. The van der Waals surface area contributed by atoms with Gasteiger partial charge in [0, 0.05) is 21.8 Å². The summed E-state index contributed by atoms with van der Waals surface area (Å²) in [5, 5.41) is 2.68. The van der Waals surface area contributed by atoms with Crippen molar-refractivity contribution in [2.24, 2.45) is 0 Å². The van der Waals surface area contributed by atoms with Crippen LogP contribution in [0.1, 0.15) is 5.56 Å². The molecular formula is C15H12ClN3S. The molecule has 3 nitrogen and oxygen atoms in total. The van der Waals surface area contributed by atoms with Crippen LogP contribution < -0.4 is 5.73 Å². The SMILES string of the molecule is Nc1ccc2ncnc(SCc3ccc(Cl)cc3)c2c1. The van der Waals surface area contributed by atoms with Crippen molar-refractivity contribution < 1.29 is 0 Å². The molecule has 0 fully saturated rings. The van der Waals surface area contributed by atoms with Crippen molar-refractivity contribution in [1.82, 2.24) is 9.97 Å². The number of halogens is 1. The first-order valence-corrected chi connectivity index (χ1v) is 7.46. The van der Waals surface area contributed by atoms with Crippen LogP contribution in [0.15, 0.2) is 53.8 Å². The van der Waals surface area contributed by atoms with Crippen LogP contribution in [-0.4, -0.2) is 9.97 Å². The Morgan fingerprint density at radius 3 is 2.65 bits per heavy atom. The molecule has 3 rings (SSSR count). The molecule has 5 heteroatoms. The van der Waals surface area contributed by atoms with Crippen molar-refractivity contribution in [3.8, 4) is 0 Å². The number of benzene rings is 2. The summed E-state index contributed by atoms with van der Waals surface area (Å²) in [5.41, 5.74) is 8.67. The van der Waals surface area contributed by atoms with Gasteiger partial charge in [-0.1, -0.05) is 23.7 Å². The second-order valence-corrected chi connectivity index (χ2v) is 5.77. The van der Waals surface area contributed by atoms with Gasteiger partial charge in [-0.05, 0) is 35.9 Å². The maximum atomic E-state index is 5.88. The fourth-order valence-corrected chi connectivity index (χ4v) is 2.96. The lowest BCUT2D eigenvalue weighted by molar-refractivity contribution is 1.10. The number of aromatic nitrogens is 2. The van der Waals surface area contributed by atoms with Gasteiger partial charge in [0.1, 0.15) is 11.4 Å². The van der Waals surface area contributed by atoms with E-state index in [9.17, 15) is 0 Å². The van der Waals surface area contributed by atoms with Gasteiger partial charge in [0.15, 0.2) is 0 Å². The third-order valence-corrected chi connectivity index (χ3v) is 4.24. The van der Waals surface area contributed by atoms with Gasteiger partial charge in [0.25, 0.3) is 0 Å². The molecule has 0 bridgehead atoms. The first kappa shape index (κ1) is 13.2. The predicted octanol–water partition coefficient (Wildman–Crippen LogP) is 4.16. The van der Waals surface area contributed by atoms with Crippen molar-refractivity contribution in [2.45, 2.75) is 10.8 Å². The van der Waals surface area contributed by atoms with E-state index < -0.39 is 0 Å². The molecule has 0 radical (unpaired) electrons. The van der Waals surface area contributed by atoms with E-state index in [1.165, 1.54) is 5.56 Å². The van der Waals surface area contributed by atoms with Gasteiger partial charge >= 0.3 is 0 Å². The van der Waals surface area contributed by atoms with E-state index in [4.69, 9.17) is 17.3 Å². The monoisotopic (exact) mass is 301 g/mol. The molecule has 1 aromatic heterocycles. The minimum atomic E-state index is 0.723. The van der Waals surface area contributed by atoms with Gasteiger partial charge in [0.2, 0.25) is 0 Å². The highest BCUT2D eigenvalue weighted by molar-refractivity contribution is 7.98. The molecular weight excluding hydrogens is 290 g/mol. The van der Waals surface area contributed by atoms with E-state index in [1.54, 1.807) is 18.1 Å². The van der Waals surface area contributed by atoms with E-state index in [0.717, 1.165) is 32.4 Å². The van der Waals surface area contributed by atoms with Crippen LogP contribution in [0.3, 0.4) is 0 Å². The molecule has 20 heavy (non-hydrogen) atoms. The second-order valence-electron chi connectivity index (χ2n) is 4.37. The Balaban J connectivity index is 1.87. The van der Waals surface area contributed by atoms with Crippen LogP contribution in [0.2, 0.25) is 5.02 Å². The number of hydrogen-bond donors (Lipinski definition) is 1. The maximum absolute atomic E-state index is 5.88. The van der Waals surface area contributed by atoms with Crippen molar-refractivity contribution in [1.29, 1.82) is 0 Å². The molecule has 0 aliphatic heterocycles. The quantitative estimate of drug-likeness (QED) is 0.448. The largest absolute Gasteiger partial charge is 0.399 e. The van der Waals surface area contributed by atoms with E-state index in [2.05, 4.69) is 9.97 Å². The second kappa shape index (κ2) is 5.69. The summed E-state index contributed by atoms with van der Waals surface area (Å²) in [6.07, 6.45) is 1.59. The fraction of sp³-hybridized carbons (Fsp3) is 0.0667. The zero-order valence-electron chi connectivity index (χ0n) is 10.6. The zero-order valence-corrected chi connectivity index (χ0v) is 12.2. The highest BCUT2D eigenvalue weighted by Crippen LogP contribution is 2.28. The first-order valence-electron chi connectivity index (χ1n) is 6.10. The van der Waals surface area contributed by atoms with Gasteiger partial charge in [-0.15, -0.1) is 11.8 Å². The van der Waals surface area contributed by atoms with E-state index in [1.807, 2.05) is 42.5 Å². The molecule has 2 N–H and O–H groups in total. The Morgan fingerprint density at radius 1 is 1.05 bits per heavy atom. The van der Waals surface area contributed by atoms with Crippen molar-refractivity contribution in [3.63, 3.8) is 0 Å². The molecule has 0 unspecified atom stereocenters. The molecule has 0 saturated carbocycles. The highest BCUT2D eigenvalue weighted by Gasteiger charge is 2.05. The zero-order chi connectivity index (χ0) is 13.9. The number of thioether (sulfide) groups is 1. The molecule has 0 aliphatic rings. The van der Waals surface area contributed by atoms with Gasteiger partial charge in [0.05, 0.1) is 5.52 Å². The van der Waals surface area contributed by atoms with Crippen molar-refractivity contribution >= 4 is 40.0 Å². The smallest absolute Gasteiger partial charge is 0.117 e. The highest BCUT2D eigenvalue weighted by atomic mass is 35.5. The van der Waals surface area contributed by atoms with Gasteiger partial charge < -0.3 is 5.73 Å². The lowest BCUT2D eigenvalue weighted by Crippen LogP contribution is -1.90. The summed E-state index contributed by atoms with van der Waals surface area (Å²) < 4.78 is 0. The molecule has 0 spiro atoms. The van der Waals surface area contributed by atoms with E-state index in [-0.39, 0.29) is 0 Å². The molecule has 0 aliphatic carbocycles. The molecule has 2 aromatic carbocycles. The summed E-state index contributed by atoms with van der Waals surface area (Å²) >= 11 is 7.55. The minimum Gasteiger partial charge on any atom is -0.399 e. The summed E-state index contributed by atoms with van der Waals surface area (Å²) in [6, 6.07) is 13.5. The normalized spacial score (nSPS) is 10.8. The molecule has 3 aromatic rings. The predicted molar refractivity (Wildman–Crippen MR) is 85.0 cm³/mol. The fourth-order valence-electron chi connectivity index (χ4n) is 1.90. The van der Waals surface area contributed by atoms with Crippen molar-refractivity contribution in [3.05, 3.63) is 59.4 Å². The Kier molecular flexibility index (Phi) is 3.76. The summed E-state index contributed by atoms with van der Waals surface area (Å²) in [4.78, 5) is 8.60. The number of nitrogens with two attached hydrogens (primary N) is 1. The summed E-state index contributed by atoms with van der Waals surface area (Å²) in [5.74, 6) is 0.831. The van der Waals surface area contributed by atoms with Crippen LogP contribution in [0.25, 0.3) is 10.9 Å². The third kappa shape index (κ3) is 2.86. The summed E-state index contributed by atoms with van der Waals surface area (Å²) in [7, 11) is 0. The molecule has 0 amide bonds. The first-order chi connectivity index (χ1) is 9.72. The van der Waals surface area contributed by atoms with Gasteiger partial charge in [-0.25, -0.2) is 9.97 Å². The maximum Gasteiger partial charge on any atom is 0.117 e. The van der Waals surface area contributed by atoms with Gasteiger partial charge in [-0.2, -0.15) is 0 Å². The number of nitrogen functional groups attached to an aromatic ring is 1.